The number of aliphatic hydroxyl groups excluding tert-OH is 1. The van der Waals surface area contributed by atoms with Gasteiger partial charge in [0.1, 0.15) is 18.8 Å². The van der Waals surface area contributed by atoms with Crippen LogP contribution in [0.4, 0.5) is 0 Å². The lowest BCUT2D eigenvalue weighted by Gasteiger charge is -2.20. The molecule has 0 aliphatic carbocycles. The third kappa shape index (κ3) is 20.3. The highest BCUT2D eigenvalue weighted by molar-refractivity contribution is 7.99. The Balaban J connectivity index is 4.40. The number of rotatable bonds is 23. The van der Waals surface area contributed by atoms with Crippen molar-refractivity contribution in [3.63, 3.8) is 0 Å². The van der Waals surface area contributed by atoms with Crippen LogP contribution in [0.2, 0.25) is 0 Å². The molecule has 0 bridgehead atoms. The summed E-state index contributed by atoms with van der Waals surface area (Å²) in [5.41, 5.74) is 0. The number of methoxy groups -OCH3 is 1. The van der Waals surface area contributed by atoms with E-state index in [1.54, 1.807) is 0 Å². The van der Waals surface area contributed by atoms with E-state index in [9.17, 15) is 29.1 Å². The van der Waals surface area contributed by atoms with Gasteiger partial charge in [0.25, 0.3) is 0 Å². The van der Waals surface area contributed by atoms with Crippen LogP contribution in [0.25, 0.3) is 0 Å². The molecule has 39 heavy (non-hydrogen) atoms. The molecule has 0 aliphatic heterocycles. The topological polar surface area (TPSA) is 157 Å². The summed E-state index contributed by atoms with van der Waals surface area (Å²) in [6.07, 6.45) is 10.6. The maximum absolute atomic E-state index is 12.5. The maximum Gasteiger partial charge on any atom is 0.330 e. The van der Waals surface area contributed by atoms with E-state index >= 15 is 0 Å². The van der Waals surface area contributed by atoms with Gasteiger partial charge in [0.2, 0.25) is 11.8 Å². The van der Waals surface area contributed by atoms with Gasteiger partial charge in [0.15, 0.2) is 6.04 Å². The number of amides is 2. The van der Waals surface area contributed by atoms with E-state index in [0.717, 1.165) is 26.4 Å². The van der Waals surface area contributed by atoms with Crippen molar-refractivity contribution in [1.29, 1.82) is 0 Å². The summed E-state index contributed by atoms with van der Waals surface area (Å²) in [6.45, 7) is 4.20. The molecule has 0 saturated carbocycles. The normalized spacial score (nSPS) is 13.1. The van der Waals surface area contributed by atoms with Gasteiger partial charge >= 0.3 is 17.9 Å². The molecule has 0 heterocycles. The molecule has 226 valence electrons. The highest BCUT2D eigenvalue weighted by Crippen LogP contribution is 2.15. The van der Waals surface area contributed by atoms with Crippen molar-refractivity contribution in [3.05, 3.63) is 0 Å². The SMILES string of the molecule is CCCCCCCCCCCC(CC(=O)OCCSC[C@H](NC(C)=O)C(=O)N[C@@H](CO)C(=O)OC)OC(C)=O. The Hall–Kier alpha value is -2.34. The molecule has 0 aliphatic rings. The molecule has 0 aromatic rings. The number of nitrogens with one attached hydrogen (secondary N) is 2. The minimum atomic E-state index is -1.24. The summed E-state index contributed by atoms with van der Waals surface area (Å²) < 4.78 is 15.1. The molecule has 0 aromatic carbocycles. The summed E-state index contributed by atoms with van der Waals surface area (Å²) in [7, 11) is 1.13. The molecule has 1 unspecified atom stereocenters. The molecule has 12 heteroatoms. The zero-order chi connectivity index (χ0) is 29.5. The highest BCUT2D eigenvalue weighted by atomic mass is 32.2. The molecule has 0 spiro atoms. The second-order valence-corrected chi connectivity index (χ2v) is 10.5. The van der Waals surface area contributed by atoms with Crippen LogP contribution in [-0.2, 0) is 38.2 Å². The summed E-state index contributed by atoms with van der Waals surface area (Å²) in [5.74, 6) is -2.31. The van der Waals surface area contributed by atoms with Gasteiger partial charge in [-0.15, -0.1) is 0 Å². The van der Waals surface area contributed by atoms with Crippen molar-refractivity contribution < 1.29 is 43.3 Å². The molecular weight excluding hydrogens is 528 g/mol. The summed E-state index contributed by atoms with van der Waals surface area (Å²) >= 11 is 1.26. The smallest absolute Gasteiger partial charge is 0.330 e. The molecule has 11 nitrogen and oxygen atoms in total. The number of hydrogen-bond acceptors (Lipinski definition) is 10. The summed E-state index contributed by atoms with van der Waals surface area (Å²) in [6, 6.07) is -2.21. The first-order valence-electron chi connectivity index (χ1n) is 13.8. The Kier molecular flexibility index (Phi) is 22.1. The van der Waals surface area contributed by atoms with Crippen molar-refractivity contribution in [2.24, 2.45) is 0 Å². The molecule has 2 amide bonds. The number of carbonyl (C=O) groups is 5. The number of carbonyl (C=O) groups excluding carboxylic acids is 5. The van der Waals surface area contributed by atoms with Crippen LogP contribution in [-0.4, -0.2) is 84.8 Å². The van der Waals surface area contributed by atoms with Crippen LogP contribution < -0.4 is 10.6 Å². The molecule has 3 atom stereocenters. The molecule has 0 rings (SSSR count). The number of unbranched alkanes of at least 4 members (excludes halogenated alkanes) is 8. The minimum absolute atomic E-state index is 0.0196. The Morgan fingerprint density at radius 2 is 1.49 bits per heavy atom. The van der Waals surface area contributed by atoms with Crippen molar-refractivity contribution in [2.45, 2.75) is 110 Å². The lowest BCUT2D eigenvalue weighted by Crippen LogP contribution is -2.53. The van der Waals surface area contributed by atoms with Crippen LogP contribution in [0, 0.1) is 0 Å². The van der Waals surface area contributed by atoms with Gasteiger partial charge in [-0.2, -0.15) is 11.8 Å². The predicted molar refractivity (Wildman–Crippen MR) is 149 cm³/mol. The van der Waals surface area contributed by atoms with E-state index in [1.807, 2.05) is 0 Å². The van der Waals surface area contributed by atoms with Crippen LogP contribution in [0.15, 0.2) is 0 Å². The molecule has 3 N–H and O–H groups in total. The maximum atomic E-state index is 12.5. The van der Waals surface area contributed by atoms with Gasteiger partial charge in [0, 0.05) is 25.4 Å². The Bertz CT molecular complexity index is 736. The fourth-order valence-electron chi connectivity index (χ4n) is 3.80. The molecular formula is C27H48N2O9S. The zero-order valence-electron chi connectivity index (χ0n) is 24.0. The number of ether oxygens (including phenoxy) is 3. The van der Waals surface area contributed by atoms with Gasteiger partial charge in [-0.25, -0.2) is 4.79 Å². The van der Waals surface area contributed by atoms with E-state index in [1.165, 1.54) is 64.1 Å². The van der Waals surface area contributed by atoms with E-state index in [0.29, 0.717) is 12.2 Å². The molecule has 0 radical (unpaired) electrons. The van der Waals surface area contributed by atoms with E-state index in [-0.39, 0.29) is 18.8 Å². The van der Waals surface area contributed by atoms with E-state index in [2.05, 4.69) is 22.3 Å². The number of hydrogen-bond donors (Lipinski definition) is 3. The lowest BCUT2D eigenvalue weighted by molar-refractivity contribution is -0.153. The van der Waals surface area contributed by atoms with Gasteiger partial charge in [-0.3, -0.25) is 19.2 Å². The zero-order valence-corrected chi connectivity index (χ0v) is 24.8. The largest absolute Gasteiger partial charge is 0.467 e. The lowest BCUT2D eigenvalue weighted by atomic mass is 10.0. The second-order valence-electron chi connectivity index (χ2n) is 9.37. The molecule has 0 aromatic heterocycles. The number of esters is 3. The predicted octanol–water partition coefficient (Wildman–Crippen LogP) is 2.66. The summed E-state index contributed by atoms with van der Waals surface area (Å²) in [4.78, 5) is 59.3. The van der Waals surface area contributed by atoms with Gasteiger partial charge in [-0.05, 0) is 12.8 Å². The fourth-order valence-corrected chi connectivity index (χ4v) is 4.64. The van der Waals surface area contributed by atoms with E-state index < -0.39 is 54.5 Å². The van der Waals surface area contributed by atoms with Crippen LogP contribution >= 0.6 is 11.8 Å². The average Bonchev–Trinajstić information content (AvgIpc) is 2.88. The number of aliphatic hydroxyl groups is 1. The quantitative estimate of drug-likeness (QED) is 0.0938. The average molecular weight is 577 g/mol. The first-order valence-corrected chi connectivity index (χ1v) is 15.0. The van der Waals surface area contributed by atoms with E-state index in [4.69, 9.17) is 9.47 Å². The first kappa shape index (κ1) is 36.7. The third-order valence-corrected chi connectivity index (χ3v) is 6.83. The molecule has 0 fully saturated rings. The monoisotopic (exact) mass is 576 g/mol. The van der Waals surface area contributed by atoms with Gasteiger partial charge in [0.05, 0.1) is 20.1 Å². The third-order valence-electron chi connectivity index (χ3n) is 5.81. The minimum Gasteiger partial charge on any atom is -0.467 e. The van der Waals surface area contributed by atoms with Crippen LogP contribution in [0.3, 0.4) is 0 Å². The van der Waals surface area contributed by atoms with Crippen molar-refractivity contribution in [2.75, 3.05) is 31.8 Å². The van der Waals surface area contributed by atoms with Crippen molar-refractivity contribution in [1.82, 2.24) is 10.6 Å². The fraction of sp³-hybridized carbons (Fsp3) is 0.815. The van der Waals surface area contributed by atoms with Crippen molar-refractivity contribution >= 4 is 41.5 Å². The number of thioether (sulfide) groups is 1. The molecule has 0 saturated heterocycles. The Labute approximate surface area is 236 Å². The summed E-state index contributed by atoms with van der Waals surface area (Å²) in [5, 5.41) is 14.1. The highest BCUT2D eigenvalue weighted by Gasteiger charge is 2.26. The standard InChI is InChI=1S/C27H48N2O9S/c1-5-6-7-8-9-10-11-12-13-14-22(38-21(3)32)17-25(33)37-15-16-39-19-24(28-20(2)31)26(34)29-23(18-30)27(35)36-4/h22-24,30H,5-19H2,1-4H3,(H,28,31)(H,29,34)/t22?,23-,24-/m0/s1. The van der Waals surface area contributed by atoms with Gasteiger partial charge < -0.3 is 30.0 Å². The Morgan fingerprint density at radius 3 is 2.03 bits per heavy atom. The van der Waals surface area contributed by atoms with Crippen LogP contribution in [0.1, 0.15) is 91.4 Å². The van der Waals surface area contributed by atoms with Crippen molar-refractivity contribution in [3.8, 4) is 0 Å². The van der Waals surface area contributed by atoms with Crippen LogP contribution in [0.5, 0.6) is 0 Å². The van der Waals surface area contributed by atoms with Gasteiger partial charge in [-0.1, -0.05) is 58.3 Å². The first-order chi connectivity index (χ1) is 18.6. The Morgan fingerprint density at radius 1 is 0.872 bits per heavy atom. The second kappa shape index (κ2) is 23.5.